The highest BCUT2D eigenvalue weighted by Crippen LogP contribution is 2.21. The molecule has 130 valence electrons. The van der Waals surface area contributed by atoms with E-state index in [1.165, 1.54) is 24.3 Å². The largest absolute Gasteiger partial charge is 0.338 e. The molecule has 0 radical (unpaired) electrons. The van der Waals surface area contributed by atoms with E-state index in [-0.39, 0.29) is 11.7 Å². The van der Waals surface area contributed by atoms with Crippen molar-refractivity contribution < 1.29 is 14.0 Å². The van der Waals surface area contributed by atoms with Gasteiger partial charge < -0.3 is 10.2 Å². The minimum absolute atomic E-state index is 0.121. The number of rotatable bonds is 5. The van der Waals surface area contributed by atoms with E-state index in [4.69, 9.17) is 0 Å². The van der Waals surface area contributed by atoms with Crippen LogP contribution in [0.15, 0.2) is 48.5 Å². The summed E-state index contributed by atoms with van der Waals surface area (Å²) in [5, 5.41) is 3.14. The quantitative estimate of drug-likeness (QED) is 0.852. The third-order valence-corrected chi connectivity index (χ3v) is 4.57. The number of ketones is 1. The summed E-state index contributed by atoms with van der Waals surface area (Å²) in [6, 6.07) is 12.2. The Kier molecular flexibility index (Phi) is 5.24. The molecule has 1 fully saturated rings. The number of hydrogen-bond acceptors (Lipinski definition) is 3. The molecule has 3 rings (SSSR count). The van der Waals surface area contributed by atoms with E-state index in [1.54, 1.807) is 29.2 Å². The van der Waals surface area contributed by atoms with Crippen LogP contribution in [-0.2, 0) is 0 Å². The normalized spacial score (nSPS) is 16.9. The van der Waals surface area contributed by atoms with Crippen LogP contribution in [0.2, 0.25) is 0 Å². The van der Waals surface area contributed by atoms with Crippen LogP contribution in [0.1, 0.15) is 32.7 Å². The summed E-state index contributed by atoms with van der Waals surface area (Å²) >= 11 is 0. The number of hydrogen-bond donors (Lipinski definition) is 1. The maximum Gasteiger partial charge on any atom is 0.254 e. The SMILES string of the molecule is CNC[C@@H]1CCN(C(=O)c2ccccc2C(=O)c2ccc(F)cc2)C1. The first-order chi connectivity index (χ1) is 12.1. The lowest BCUT2D eigenvalue weighted by molar-refractivity contribution is 0.0782. The second-order valence-electron chi connectivity index (χ2n) is 6.35. The summed E-state index contributed by atoms with van der Waals surface area (Å²) in [6.45, 7) is 2.27. The van der Waals surface area contributed by atoms with Gasteiger partial charge in [0.05, 0.1) is 5.56 Å². The van der Waals surface area contributed by atoms with Crippen LogP contribution >= 0.6 is 0 Å². The standard InChI is InChI=1S/C20H21FN2O2/c1-22-12-14-10-11-23(13-14)20(25)18-5-3-2-4-17(18)19(24)15-6-8-16(21)9-7-15/h2-9,14,22H,10-13H2,1H3/t14-/m0/s1. The minimum Gasteiger partial charge on any atom is -0.338 e. The van der Waals surface area contributed by atoms with Crippen molar-refractivity contribution in [3.05, 3.63) is 71.0 Å². The van der Waals surface area contributed by atoms with Crippen molar-refractivity contribution in [2.75, 3.05) is 26.7 Å². The second-order valence-corrected chi connectivity index (χ2v) is 6.35. The fraction of sp³-hybridized carbons (Fsp3) is 0.300. The zero-order valence-electron chi connectivity index (χ0n) is 14.2. The highest BCUT2D eigenvalue weighted by Gasteiger charge is 2.28. The average molecular weight is 340 g/mol. The molecule has 0 unspecified atom stereocenters. The van der Waals surface area contributed by atoms with Crippen LogP contribution in [-0.4, -0.2) is 43.3 Å². The number of likely N-dealkylation sites (tertiary alicyclic amines) is 1. The van der Waals surface area contributed by atoms with Gasteiger partial charge in [0.15, 0.2) is 5.78 Å². The van der Waals surface area contributed by atoms with Gasteiger partial charge in [-0.3, -0.25) is 9.59 Å². The average Bonchev–Trinajstić information content (AvgIpc) is 3.10. The van der Waals surface area contributed by atoms with E-state index in [0.29, 0.717) is 35.7 Å². The van der Waals surface area contributed by atoms with Gasteiger partial charge in [0, 0.05) is 24.2 Å². The highest BCUT2D eigenvalue weighted by atomic mass is 19.1. The number of amides is 1. The zero-order chi connectivity index (χ0) is 17.8. The third-order valence-electron chi connectivity index (χ3n) is 4.57. The molecule has 0 bridgehead atoms. The van der Waals surface area contributed by atoms with E-state index in [1.807, 2.05) is 7.05 Å². The first-order valence-electron chi connectivity index (χ1n) is 8.43. The molecule has 1 amide bonds. The predicted molar refractivity (Wildman–Crippen MR) is 94.2 cm³/mol. The van der Waals surface area contributed by atoms with E-state index in [0.717, 1.165) is 13.0 Å². The van der Waals surface area contributed by atoms with Crippen molar-refractivity contribution in [2.45, 2.75) is 6.42 Å². The fourth-order valence-electron chi connectivity index (χ4n) is 3.27. The Balaban J connectivity index is 1.85. The van der Waals surface area contributed by atoms with Crippen LogP contribution in [0.4, 0.5) is 4.39 Å². The summed E-state index contributed by atoms with van der Waals surface area (Å²) < 4.78 is 13.1. The lowest BCUT2D eigenvalue weighted by atomic mass is 9.97. The van der Waals surface area contributed by atoms with Crippen molar-refractivity contribution in [3.8, 4) is 0 Å². The Morgan fingerprint density at radius 3 is 2.48 bits per heavy atom. The Labute approximate surface area is 146 Å². The van der Waals surface area contributed by atoms with Crippen LogP contribution < -0.4 is 5.32 Å². The smallest absolute Gasteiger partial charge is 0.254 e. The maximum atomic E-state index is 13.1. The van der Waals surface area contributed by atoms with Crippen molar-refractivity contribution >= 4 is 11.7 Å². The molecule has 25 heavy (non-hydrogen) atoms. The highest BCUT2D eigenvalue weighted by molar-refractivity contribution is 6.15. The molecule has 1 saturated heterocycles. The van der Waals surface area contributed by atoms with E-state index >= 15 is 0 Å². The summed E-state index contributed by atoms with van der Waals surface area (Å²) in [5.74, 6) is -0.345. The number of carbonyl (C=O) groups excluding carboxylic acids is 2. The Hall–Kier alpha value is -2.53. The maximum absolute atomic E-state index is 13.1. The zero-order valence-corrected chi connectivity index (χ0v) is 14.2. The van der Waals surface area contributed by atoms with Crippen molar-refractivity contribution in [2.24, 2.45) is 5.92 Å². The molecule has 1 aliphatic heterocycles. The van der Waals surface area contributed by atoms with Crippen LogP contribution in [0, 0.1) is 11.7 Å². The number of halogens is 1. The van der Waals surface area contributed by atoms with Gasteiger partial charge >= 0.3 is 0 Å². The van der Waals surface area contributed by atoms with Crippen molar-refractivity contribution in [3.63, 3.8) is 0 Å². The Morgan fingerprint density at radius 2 is 1.80 bits per heavy atom. The molecule has 0 saturated carbocycles. The first-order valence-corrected chi connectivity index (χ1v) is 8.43. The van der Waals surface area contributed by atoms with Gasteiger partial charge in [-0.25, -0.2) is 4.39 Å². The molecule has 1 aliphatic rings. The van der Waals surface area contributed by atoms with Gasteiger partial charge in [0.1, 0.15) is 5.82 Å². The molecular weight excluding hydrogens is 319 g/mol. The fourth-order valence-corrected chi connectivity index (χ4v) is 3.27. The lowest BCUT2D eigenvalue weighted by Crippen LogP contribution is -2.31. The van der Waals surface area contributed by atoms with Crippen molar-refractivity contribution in [1.82, 2.24) is 10.2 Å². The molecule has 4 nitrogen and oxygen atoms in total. The number of carbonyl (C=O) groups is 2. The van der Waals surface area contributed by atoms with Gasteiger partial charge in [-0.15, -0.1) is 0 Å². The molecule has 0 aromatic heterocycles. The van der Waals surface area contributed by atoms with Gasteiger partial charge in [-0.05, 0) is 56.3 Å². The van der Waals surface area contributed by atoms with E-state index in [2.05, 4.69) is 5.32 Å². The lowest BCUT2D eigenvalue weighted by Gasteiger charge is -2.18. The van der Waals surface area contributed by atoms with Crippen LogP contribution in [0.25, 0.3) is 0 Å². The molecule has 1 heterocycles. The third kappa shape index (κ3) is 3.77. The number of nitrogens with zero attached hydrogens (tertiary/aromatic N) is 1. The minimum atomic E-state index is -0.395. The molecule has 0 spiro atoms. The topological polar surface area (TPSA) is 49.4 Å². The molecule has 1 atom stereocenters. The Bertz CT molecular complexity index is 774. The van der Waals surface area contributed by atoms with Crippen molar-refractivity contribution in [1.29, 1.82) is 0 Å². The summed E-state index contributed by atoms with van der Waals surface area (Å²) in [5.41, 5.74) is 1.13. The molecule has 2 aromatic carbocycles. The molecule has 1 N–H and O–H groups in total. The van der Waals surface area contributed by atoms with Crippen LogP contribution in [0.5, 0.6) is 0 Å². The molecular formula is C20H21FN2O2. The predicted octanol–water partition coefficient (Wildman–Crippen LogP) is 2.74. The van der Waals surface area contributed by atoms with E-state index in [9.17, 15) is 14.0 Å². The molecule has 0 aliphatic carbocycles. The second kappa shape index (κ2) is 7.57. The monoisotopic (exact) mass is 340 g/mol. The summed E-state index contributed by atoms with van der Waals surface area (Å²) in [6.07, 6.45) is 0.959. The number of nitrogens with one attached hydrogen (secondary N) is 1. The number of benzene rings is 2. The molecule has 2 aromatic rings. The van der Waals surface area contributed by atoms with Crippen LogP contribution in [0.3, 0.4) is 0 Å². The van der Waals surface area contributed by atoms with Gasteiger partial charge in [-0.1, -0.05) is 18.2 Å². The summed E-state index contributed by atoms with van der Waals surface area (Å²) in [7, 11) is 1.90. The van der Waals surface area contributed by atoms with E-state index < -0.39 is 5.82 Å². The first kappa shape index (κ1) is 17.3. The molecule has 5 heteroatoms. The van der Waals surface area contributed by atoms with Gasteiger partial charge in [0.25, 0.3) is 5.91 Å². The van der Waals surface area contributed by atoms with Gasteiger partial charge in [0.2, 0.25) is 0 Å². The Morgan fingerprint density at radius 1 is 1.12 bits per heavy atom. The van der Waals surface area contributed by atoms with Gasteiger partial charge in [-0.2, -0.15) is 0 Å². The summed E-state index contributed by atoms with van der Waals surface area (Å²) in [4.78, 5) is 27.5.